The molecule has 0 spiro atoms. The number of nitrogens with zero attached hydrogens (tertiary/aromatic N) is 1. The molecule has 2 aliphatic heterocycles. The summed E-state index contributed by atoms with van der Waals surface area (Å²) < 4.78 is 13.6. The summed E-state index contributed by atoms with van der Waals surface area (Å²) in [7, 11) is 0. The number of carbonyl (C=O) groups excluding carboxylic acids is 2. The molecule has 256 valence electrons. The number of aliphatic hydroxyl groups excluding tert-OH is 1. The minimum absolute atomic E-state index is 0.000884. The van der Waals surface area contributed by atoms with Crippen molar-refractivity contribution in [1.82, 2.24) is 10.2 Å². The second-order valence-electron chi connectivity index (χ2n) is 14.9. The van der Waals surface area contributed by atoms with E-state index in [0.29, 0.717) is 29.8 Å². The molecule has 3 aromatic rings. The van der Waals surface area contributed by atoms with Gasteiger partial charge in [-0.05, 0) is 87.8 Å². The Morgan fingerprint density at radius 3 is 2.23 bits per heavy atom. The fourth-order valence-corrected chi connectivity index (χ4v) is 7.78. The van der Waals surface area contributed by atoms with Crippen molar-refractivity contribution < 1.29 is 24.2 Å². The van der Waals surface area contributed by atoms with Crippen LogP contribution in [0.1, 0.15) is 106 Å². The van der Waals surface area contributed by atoms with Gasteiger partial charge >= 0.3 is 0 Å². The minimum atomic E-state index is -0.638. The van der Waals surface area contributed by atoms with Crippen LogP contribution in [0, 0.1) is 11.8 Å². The Morgan fingerprint density at radius 1 is 0.854 bits per heavy atom. The first-order valence-electron chi connectivity index (χ1n) is 17.6. The summed E-state index contributed by atoms with van der Waals surface area (Å²) in [6.07, 6.45) is 5.61. The van der Waals surface area contributed by atoms with Gasteiger partial charge < -0.3 is 25.2 Å². The molecule has 3 N–H and O–H groups in total. The maximum atomic E-state index is 13.8. The maximum Gasteiger partial charge on any atom is 0.255 e. The Morgan fingerprint density at radius 2 is 1.54 bits per heavy atom. The molecule has 48 heavy (non-hydrogen) atoms. The van der Waals surface area contributed by atoms with Crippen LogP contribution in [0.5, 0.6) is 0 Å². The Kier molecular flexibility index (Phi) is 10.7. The van der Waals surface area contributed by atoms with Gasteiger partial charge in [-0.2, -0.15) is 0 Å². The third-order valence-corrected chi connectivity index (χ3v) is 10.3. The molecule has 8 heteroatoms. The number of likely N-dealkylation sites (tertiary alicyclic amines) is 1. The zero-order valence-electron chi connectivity index (χ0n) is 28.7. The van der Waals surface area contributed by atoms with Crippen molar-refractivity contribution in [1.29, 1.82) is 0 Å². The molecular weight excluding hydrogens is 602 g/mol. The van der Waals surface area contributed by atoms with Gasteiger partial charge in [0, 0.05) is 40.9 Å². The lowest BCUT2D eigenvalue weighted by Crippen LogP contribution is -2.61. The largest absolute Gasteiger partial charge is 0.392 e. The molecule has 2 amide bonds. The Labute approximate surface area is 285 Å². The van der Waals surface area contributed by atoms with Gasteiger partial charge in [0.25, 0.3) is 5.91 Å². The van der Waals surface area contributed by atoms with Gasteiger partial charge in [0.05, 0.1) is 24.9 Å². The molecule has 0 aromatic heterocycles. The van der Waals surface area contributed by atoms with Gasteiger partial charge in [-0.25, -0.2) is 0 Å². The van der Waals surface area contributed by atoms with Gasteiger partial charge in [0.1, 0.15) is 0 Å². The Balaban J connectivity index is 1.27. The van der Waals surface area contributed by atoms with Crippen molar-refractivity contribution in [2.75, 3.05) is 11.9 Å². The predicted octanol–water partition coefficient (Wildman–Crippen LogP) is 7.16. The summed E-state index contributed by atoms with van der Waals surface area (Å²) >= 11 is 0. The topological polar surface area (TPSA) is 100 Å². The molecule has 1 aliphatic carbocycles. The van der Waals surface area contributed by atoms with Gasteiger partial charge in [0.2, 0.25) is 5.91 Å². The van der Waals surface area contributed by atoms with E-state index in [2.05, 4.69) is 22.5 Å². The zero-order chi connectivity index (χ0) is 33.8. The highest BCUT2D eigenvalue weighted by Crippen LogP contribution is 2.44. The lowest BCUT2D eigenvalue weighted by atomic mass is 9.75. The fraction of sp³-hybridized carbons (Fsp3) is 0.500. The summed E-state index contributed by atoms with van der Waals surface area (Å²) in [6, 6.07) is 24.9. The van der Waals surface area contributed by atoms with Gasteiger partial charge in [-0.15, -0.1) is 0 Å². The number of nitrogens with one attached hydrogen (secondary N) is 2. The number of aliphatic hydroxyl groups is 1. The molecule has 0 bridgehead atoms. The number of anilines is 1. The predicted molar refractivity (Wildman–Crippen MR) is 187 cm³/mol. The third-order valence-electron chi connectivity index (χ3n) is 10.3. The van der Waals surface area contributed by atoms with E-state index in [-0.39, 0.29) is 48.1 Å². The van der Waals surface area contributed by atoms with E-state index in [1.807, 2.05) is 87.5 Å². The average molecular weight is 654 g/mol. The number of amides is 2. The normalized spacial score (nSPS) is 27.9. The van der Waals surface area contributed by atoms with E-state index >= 15 is 0 Å². The van der Waals surface area contributed by atoms with Crippen LogP contribution in [0.25, 0.3) is 0 Å². The summed E-state index contributed by atoms with van der Waals surface area (Å²) in [4.78, 5) is 29.0. The second-order valence-corrected chi connectivity index (χ2v) is 14.9. The lowest BCUT2D eigenvalue weighted by molar-refractivity contribution is -0.278. The van der Waals surface area contributed by atoms with Gasteiger partial charge in [-0.1, -0.05) is 74.4 Å². The van der Waals surface area contributed by atoms with E-state index in [1.54, 1.807) is 12.1 Å². The number of carbonyl (C=O) groups is 2. The smallest absolute Gasteiger partial charge is 0.255 e. The van der Waals surface area contributed by atoms with Crippen molar-refractivity contribution >= 4 is 17.5 Å². The SMILES string of the molecule is C[C@H]1[C@@H](CN2[C@@H](C(=O)NC(C)(C)C)CC[C@H]3CCCC[C@H]32)O[C@@H](c2ccc(NC(=O)c3ccccc3)cc2)O[C@H]1c1ccc(CO)cc1. The first-order valence-corrected chi connectivity index (χ1v) is 17.6. The Hall–Kier alpha value is -3.56. The molecule has 3 aliphatic rings. The number of rotatable bonds is 8. The van der Waals surface area contributed by atoms with Crippen molar-refractivity contribution in [2.24, 2.45) is 11.8 Å². The minimum Gasteiger partial charge on any atom is -0.392 e. The zero-order valence-corrected chi connectivity index (χ0v) is 28.7. The second kappa shape index (κ2) is 14.9. The van der Waals surface area contributed by atoms with Crippen LogP contribution < -0.4 is 10.6 Å². The highest BCUT2D eigenvalue weighted by atomic mass is 16.7. The van der Waals surface area contributed by atoms with Crippen LogP contribution in [0.3, 0.4) is 0 Å². The number of ether oxygens (including phenoxy) is 2. The highest BCUT2D eigenvalue weighted by molar-refractivity contribution is 6.04. The lowest BCUT2D eigenvalue weighted by Gasteiger charge is -2.51. The number of fused-ring (bicyclic) bond motifs is 1. The molecule has 6 rings (SSSR count). The first-order chi connectivity index (χ1) is 23.1. The van der Waals surface area contributed by atoms with Gasteiger partial charge in [-0.3, -0.25) is 14.5 Å². The summed E-state index contributed by atoms with van der Waals surface area (Å²) in [5, 5.41) is 15.9. The molecule has 3 fully saturated rings. The quantitative estimate of drug-likeness (QED) is 0.239. The van der Waals surface area contributed by atoms with E-state index in [4.69, 9.17) is 9.47 Å². The van der Waals surface area contributed by atoms with E-state index in [1.165, 1.54) is 19.3 Å². The number of benzene rings is 3. The van der Waals surface area contributed by atoms with Crippen LogP contribution in [0.15, 0.2) is 78.9 Å². The van der Waals surface area contributed by atoms with Crippen LogP contribution in [0.2, 0.25) is 0 Å². The molecule has 3 aromatic carbocycles. The monoisotopic (exact) mass is 653 g/mol. The highest BCUT2D eigenvalue weighted by Gasteiger charge is 2.46. The van der Waals surface area contributed by atoms with Crippen LogP contribution in [-0.2, 0) is 20.9 Å². The third kappa shape index (κ3) is 8.00. The molecule has 7 atom stereocenters. The van der Waals surface area contributed by atoms with Crippen molar-refractivity contribution in [3.63, 3.8) is 0 Å². The van der Waals surface area contributed by atoms with E-state index < -0.39 is 6.29 Å². The Bertz CT molecular complexity index is 1520. The molecule has 2 saturated heterocycles. The van der Waals surface area contributed by atoms with E-state index in [0.717, 1.165) is 36.0 Å². The van der Waals surface area contributed by atoms with Crippen LogP contribution in [-0.4, -0.2) is 52.1 Å². The number of piperidine rings is 1. The fourth-order valence-electron chi connectivity index (χ4n) is 7.78. The molecule has 0 unspecified atom stereocenters. The van der Waals surface area contributed by atoms with E-state index in [9.17, 15) is 14.7 Å². The van der Waals surface area contributed by atoms with Crippen molar-refractivity contribution in [2.45, 2.75) is 109 Å². The molecule has 1 saturated carbocycles. The number of hydrogen-bond donors (Lipinski definition) is 3. The van der Waals surface area contributed by atoms with Crippen molar-refractivity contribution in [3.05, 3.63) is 101 Å². The maximum absolute atomic E-state index is 13.8. The summed E-state index contributed by atoms with van der Waals surface area (Å²) in [6.45, 7) is 8.93. The van der Waals surface area contributed by atoms with Crippen LogP contribution in [0.4, 0.5) is 5.69 Å². The average Bonchev–Trinajstić information content (AvgIpc) is 3.09. The standard InChI is InChI=1S/C40H51N3O5/c1-26-35(24-43-33-13-9-8-10-28(33)20-23-34(43)38(46)42-40(2,3)4)47-39(48-36(26)29-16-14-27(25-44)15-17-29)31-18-21-32(22-19-31)41-37(45)30-11-6-5-7-12-30/h5-7,11-12,14-19,21-22,26,28,33-36,39,44H,8-10,13,20,23-25H2,1-4H3,(H,41,45)(H,42,46)/t26-,28+,33+,34+,35+,36+,39+/m0/s1. The van der Waals surface area contributed by atoms with Gasteiger partial charge in [0.15, 0.2) is 6.29 Å². The molecular formula is C40H51N3O5. The molecule has 0 radical (unpaired) electrons. The number of hydrogen-bond acceptors (Lipinski definition) is 6. The molecule has 8 nitrogen and oxygen atoms in total. The van der Waals surface area contributed by atoms with Crippen molar-refractivity contribution in [3.8, 4) is 0 Å². The summed E-state index contributed by atoms with van der Waals surface area (Å²) in [5.74, 6) is 0.540. The summed E-state index contributed by atoms with van der Waals surface area (Å²) in [5.41, 5.74) is 3.72. The molecule has 2 heterocycles. The first kappa shape index (κ1) is 34.3. The van der Waals surface area contributed by atoms with Crippen LogP contribution >= 0.6 is 0 Å².